The summed E-state index contributed by atoms with van der Waals surface area (Å²) in [6.07, 6.45) is 6.51. The number of carbonyl (C=O) groups is 1. The second-order valence-electron chi connectivity index (χ2n) is 7.08. The predicted octanol–water partition coefficient (Wildman–Crippen LogP) is 3.60. The van der Waals surface area contributed by atoms with Gasteiger partial charge in [0.2, 0.25) is 5.91 Å². The van der Waals surface area contributed by atoms with Crippen LogP contribution in [-0.2, 0) is 4.79 Å². The molecule has 1 aliphatic carbocycles. The highest BCUT2D eigenvalue weighted by Gasteiger charge is 2.40. The van der Waals surface area contributed by atoms with Gasteiger partial charge in [-0.3, -0.25) is 4.79 Å². The third-order valence-electron chi connectivity index (χ3n) is 5.44. The van der Waals surface area contributed by atoms with E-state index >= 15 is 0 Å². The van der Waals surface area contributed by atoms with Crippen molar-refractivity contribution in [2.24, 2.45) is 11.7 Å². The maximum absolute atomic E-state index is 13.0. The first-order chi connectivity index (χ1) is 11.1. The summed E-state index contributed by atoms with van der Waals surface area (Å²) >= 11 is 2.10. The van der Waals surface area contributed by atoms with Crippen molar-refractivity contribution in [3.63, 3.8) is 0 Å². The molecule has 3 nitrogen and oxygen atoms in total. The molecule has 1 amide bonds. The van der Waals surface area contributed by atoms with Crippen LogP contribution in [-0.4, -0.2) is 34.4 Å². The van der Waals surface area contributed by atoms with Crippen molar-refractivity contribution in [1.82, 2.24) is 4.90 Å². The van der Waals surface area contributed by atoms with Crippen molar-refractivity contribution in [3.8, 4) is 0 Å². The van der Waals surface area contributed by atoms with Crippen LogP contribution in [0.4, 0.5) is 0 Å². The van der Waals surface area contributed by atoms with Gasteiger partial charge < -0.3 is 10.6 Å². The van der Waals surface area contributed by atoms with Gasteiger partial charge in [0.05, 0.1) is 5.92 Å². The molecule has 2 N–H and O–H groups in total. The Labute approximate surface area is 144 Å². The van der Waals surface area contributed by atoms with E-state index in [1.54, 1.807) is 0 Å². The van der Waals surface area contributed by atoms with Crippen LogP contribution in [0.1, 0.15) is 50.6 Å². The largest absolute Gasteiger partial charge is 0.340 e. The third-order valence-corrected chi connectivity index (χ3v) is 6.97. The summed E-state index contributed by atoms with van der Waals surface area (Å²) in [6, 6.07) is 9.77. The lowest BCUT2D eigenvalue weighted by Crippen LogP contribution is -2.52. The maximum atomic E-state index is 13.0. The minimum absolute atomic E-state index is 0.166. The smallest absolute Gasteiger partial charge is 0.227 e. The van der Waals surface area contributed by atoms with Gasteiger partial charge in [-0.05, 0) is 18.4 Å². The van der Waals surface area contributed by atoms with E-state index in [1.165, 1.54) is 32.1 Å². The van der Waals surface area contributed by atoms with Gasteiger partial charge in [-0.15, -0.1) is 0 Å². The molecule has 0 aromatic heterocycles. The number of thioether (sulfide) groups is 1. The van der Waals surface area contributed by atoms with Crippen molar-refractivity contribution in [1.29, 1.82) is 0 Å². The molecular formula is C19H28N2OS. The van der Waals surface area contributed by atoms with Crippen LogP contribution >= 0.6 is 11.8 Å². The molecule has 1 heterocycles. The number of nitrogens with zero attached hydrogens (tertiary/aromatic N) is 1. The second-order valence-corrected chi connectivity index (χ2v) is 8.64. The highest BCUT2D eigenvalue weighted by Crippen LogP contribution is 2.43. The van der Waals surface area contributed by atoms with Crippen LogP contribution in [0.3, 0.4) is 0 Å². The Morgan fingerprint density at radius 2 is 1.91 bits per heavy atom. The maximum Gasteiger partial charge on any atom is 0.227 e. The zero-order valence-electron chi connectivity index (χ0n) is 14.0. The van der Waals surface area contributed by atoms with Crippen LogP contribution in [0.2, 0.25) is 0 Å². The molecule has 1 spiro atoms. The van der Waals surface area contributed by atoms with E-state index in [1.807, 2.05) is 37.3 Å². The molecule has 1 saturated carbocycles. The topological polar surface area (TPSA) is 46.3 Å². The number of hydrogen-bond acceptors (Lipinski definition) is 3. The second kappa shape index (κ2) is 7.27. The third kappa shape index (κ3) is 3.74. The normalized spacial score (nSPS) is 23.5. The highest BCUT2D eigenvalue weighted by molar-refractivity contribution is 8.00. The van der Waals surface area contributed by atoms with Crippen LogP contribution in [0.5, 0.6) is 0 Å². The summed E-state index contributed by atoms with van der Waals surface area (Å²) in [5.74, 6) is 1.13. The summed E-state index contributed by atoms with van der Waals surface area (Å²) in [4.78, 5) is 15.1. The minimum Gasteiger partial charge on any atom is -0.340 e. The number of rotatable bonds is 3. The lowest BCUT2D eigenvalue weighted by Gasteiger charge is -2.45. The number of hydrogen-bond donors (Lipinski definition) is 1. The van der Waals surface area contributed by atoms with Gasteiger partial charge in [0, 0.05) is 29.6 Å². The van der Waals surface area contributed by atoms with Crippen LogP contribution < -0.4 is 5.73 Å². The highest BCUT2D eigenvalue weighted by atomic mass is 32.2. The van der Waals surface area contributed by atoms with Gasteiger partial charge in [-0.25, -0.2) is 0 Å². The number of nitrogens with two attached hydrogens (primary N) is 1. The molecule has 23 heavy (non-hydrogen) atoms. The van der Waals surface area contributed by atoms with Gasteiger partial charge in [0.25, 0.3) is 0 Å². The van der Waals surface area contributed by atoms with Gasteiger partial charge in [-0.2, -0.15) is 11.8 Å². The Bertz CT molecular complexity index is 522. The van der Waals surface area contributed by atoms with E-state index in [2.05, 4.69) is 16.7 Å². The molecule has 2 fully saturated rings. The average Bonchev–Trinajstić information content (AvgIpc) is 2.61. The SMILES string of the molecule is CC(C(=O)N1CCSC2(CCCCC2)C1)C(N)c1ccccc1. The molecule has 0 bridgehead atoms. The fourth-order valence-electron chi connectivity index (χ4n) is 3.94. The monoisotopic (exact) mass is 332 g/mol. The van der Waals surface area contributed by atoms with E-state index in [4.69, 9.17) is 5.73 Å². The molecule has 1 aliphatic heterocycles. The van der Waals surface area contributed by atoms with Crippen LogP contribution in [0, 0.1) is 5.92 Å². The first kappa shape index (κ1) is 16.8. The summed E-state index contributed by atoms with van der Waals surface area (Å²) in [6.45, 7) is 3.77. The van der Waals surface area contributed by atoms with Crippen molar-refractivity contribution in [3.05, 3.63) is 35.9 Å². The summed E-state index contributed by atoms with van der Waals surface area (Å²) in [5.41, 5.74) is 7.41. The lowest BCUT2D eigenvalue weighted by atomic mass is 9.87. The van der Waals surface area contributed by atoms with Gasteiger partial charge in [-0.1, -0.05) is 56.5 Å². The Hall–Kier alpha value is -1.00. The number of carbonyl (C=O) groups excluding carboxylic acids is 1. The van der Waals surface area contributed by atoms with E-state index in [0.717, 1.165) is 24.4 Å². The van der Waals surface area contributed by atoms with Crippen LogP contribution in [0.15, 0.2) is 30.3 Å². The molecule has 0 radical (unpaired) electrons. The standard InChI is InChI=1S/C19H28N2OS/c1-15(17(20)16-8-4-2-5-9-16)18(22)21-12-13-23-19(14-21)10-6-3-7-11-19/h2,4-5,8-9,15,17H,3,6-7,10-14,20H2,1H3. The van der Waals surface area contributed by atoms with E-state index < -0.39 is 0 Å². The van der Waals surface area contributed by atoms with Gasteiger partial charge >= 0.3 is 0 Å². The summed E-state index contributed by atoms with van der Waals surface area (Å²) in [5, 5.41) is 0. The summed E-state index contributed by atoms with van der Waals surface area (Å²) < 4.78 is 0.322. The zero-order chi connectivity index (χ0) is 16.3. The van der Waals surface area contributed by atoms with Crippen LogP contribution in [0.25, 0.3) is 0 Å². The first-order valence-corrected chi connectivity index (χ1v) is 9.83. The Morgan fingerprint density at radius 3 is 2.61 bits per heavy atom. The molecule has 2 atom stereocenters. The van der Waals surface area contributed by atoms with Crippen molar-refractivity contribution in [2.45, 2.75) is 49.8 Å². The molecule has 2 aliphatic rings. The Morgan fingerprint density at radius 1 is 1.22 bits per heavy atom. The molecule has 1 saturated heterocycles. The number of amides is 1. The first-order valence-electron chi connectivity index (χ1n) is 8.85. The van der Waals surface area contributed by atoms with Gasteiger partial charge in [0.1, 0.15) is 0 Å². The Balaban J connectivity index is 1.67. The quantitative estimate of drug-likeness (QED) is 0.920. The lowest BCUT2D eigenvalue weighted by molar-refractivity contribution is -0.136. The molecule has 1 aromatic carbocycles. The zero-order valence-corrected chi connectivity index (χ0v) is 14.9. The van der Waals surface area contributed by atoms with E-state index in [0.29, 0.717) is 4.75 Å². The summed E-state index contributed by atoms with van der Waals surface area (Å²) in [7, 11) is 0. The predicted molar refractivity (Wildman–Crippen MR) is 97.4 cm³/mol. The molecule has 4 heteroatoms. The molecular weight excluding hydrogens is 304 g/mol. The Kier molecular flexibility index (Phi) is 5.32. The van der Waals surface area contributed by atoms with Crippen molar-refractivity contribution in [2.75, 3.05) is 18.8 Å². The molecule has 2 unspecified atom stereocenters. The molecule has 1 aromatic rings. The molecule has 3 rings (SSSR count). The fraction of sp³-hybridized carbons (Fsp3) is 0.632. The van der Waals surface area contributed by atoms with Crippen molar-refractivity contribution < 1.29 is 4.79 Å². The average molecular weight is 333 g/mol. The number of benzene rings is 1. The van der Waals surface area contributed by atoms with Gasteiger partial charge in [0.15, 0.2) is 0 Å². The fourth-order valence-corrected chi connectivity index (χ4v) is 5.51. The minimum atomic E-state index is -0.222. The van der Waals surface area contributed by atoms with E-state index in [-0.39, 0.29) is 17.9 Å². The molecule has 126 valence electrons. The van der Waals surface area contributed by atoms with E-state index in [9.17, 15) is 4.79 Å². The van der Waals surface area contributed by atoms with Crippen molar-refractivity contribution >= 4 is 17.7 Å².